The lowest BCUT2D eigenvalue weighted by atomic mass is 10.2. The van der Waals surface area contributed by atoms with Crippen LogP contribution >= 0.6 is 22.7 Å². The molecule has 0 saturated carbocycles. The molecule has 0 aliphatic rings. The van der Waals surface area contributed by atoms with E-state index in [-0.39, 0.29) is 0 Å². The number of benzene rings is 4. The van der Waals surface area contributed by atoms with Gasteiger partial charge in [-0.15, -0.1) is 0 Å². The summed E-state index contributed by atoms with van der Waals surface area (Å²) in [6, 6.07) is 33.3. The summed E-state index contributed by atoms with van der Waals surface area (Å²) in [5.41, 5.74) is 5.18. The zero-order chi connectivity index (χ0) is 42.7. The average molecular weight is 877 g/mol. The van der Waals surface area contributed by atoms with Crippen molar-refractivity contribution >= 4 is 75.9 Å². The molecule has 6 aromatic rings. The van der Waals surface area contributed by atoms with E-state index >= 15 is 0 Å². The number of azo groups is 2. The number of anilines is 2. The van der Waals surface area contributed by atoms with Crippen LogP contribution in [0.25, 0.3) is 0 Å². The number of nitrogens with zero attached hydrogens (tertiary/aromatic N) is 8. The number of hydrogen-bond donors (Lipinski definition) is 0. The highest BCUT2D eigenvalue weighted by atomic mass is 32.2. The fraction of sp³-hybridized carbons (Fsp3) is 0.268. The second-order valence-electron chi connectivity index (χ2n) is 13.3. The van der Waals surface area contributed by atoms with Crippen molar-refractivity contribution in [3.8, 4) is 0 Å². The number of unbranched alkanes of at least 4 members (excludes halogenated alkanes) is 2. The monoisotopic (exact) mass is 876 g/mol. The average Bonchev–Trinajstić information content (AvgIpc) is 3.82. The Morgan fingerprint density at radius 1 is 0.525 bits per heavy atom. The Morgan fingerprint density at radius 3 is 1.19 bits per heavy atom. The van der Waals surface area contributed by atoms with E-state index in [0.29, 0.717) is 11.1 Å². The quantitative estimate of drug-likeness (QED) is 0.0402. The van der Waals surface area contributed by atoms with Crippen molar-refractivity contribution in [2.45, 2.75) is 30.8 Å². The molecule has 14 nitrogen and oxygen atoms in total. The molecule has 0 fully saturated rings. The third-order valence-electron chi connectivity index (χ3n) is 8.46. The van der Waals surface area contributed by atoms with Crippen molar-refractivity contribution in [3.05, 3.63) is 143 Å². The van der Waals surface area contributed by atoms with Crippen molar-refractivity contribution in [3.63, 3.8) is 0 Å². The highest BCUT2D eigenvalue weighted by Gasteiger charge is 2.09. The van der Waals surface area contributed by atoms with Gasteiger partial charge in [-0.1, -0.05) is 60.7 Å². The molecule has 59 heavy (non-hydrogen) atoms. The largest absolute Gasteiger partial charge is 0.748 e. The molecule has 2 aromatic heterocycles. The summed E-state index contributed by atoms with van der Waals surface area (Å²) >= 11 is 3.15. The second kappa shape index (κ2) is 23.4. The van der Waals surface area contributed by atoms with Crippen LogP contribution in [0.3, 0.4) is 0 Å². The molecule has 6 rings (SSSR count). The number of thiazole rings is 2. The van der Waals surface area contributed by atoms with Gasteiger partial charge in [-0.25, -0.2) is 26.0 Å². The summed E-state index contributed by atoms with van der Waals surface area (Å²) in [5, 5.41) is 23.1. The van der Waals surface area contributed by atoms with E-state index < -0.39 is 31.7 Å². The van der Waals surface area contributed by atoms with Gasteiger partial charge in [-0.3, -0.25) is 0 Å². The fourth-order valence-electron chi connectivity index (χ4n) is 5.29. The summed E-state index contributed by atoms with van der Waals surface area (Å²) in [5.74, 6) is -0.846. The van der Waals surface area contributed by atoms with Crippen molar-refractivity contribution < 1.29 is 35.1 Å². The van der Waals surface area contributed by atoms with Crippen LogP contribution in [-0.4, -0.2) is 53.1 Å². The van der Waals surface area contributed by atoms with Crippen molar-refractivity contribution in [1.82, 2.24) is 0 Å². The first-order valence-electron chi connectivity index (χ1n) is 18.4. The summed E-state index contributed by atoms with van der Waals surface area (Å²) in [6.07, 6.45) is 7.45. The zero-order valence-corrected chi connectivity index (χ0v) is 36.6. The summed E-state index contributed by atoms with van der Waals surface area (Å²) in [6.45, 7) is 2.05. The lowest BCUT2D eigenvalue weighted by Gasteiger charge is -2.21. The number of aromatic nitrogens is 2. The molecule has 0 spiro atoms. The Kier molecular flexibility index (Phi) is 18.4. The van der Waals surface area contributed by atoms with E-state index in [4.69, 9.17) is 0 Å². The van der Waals surface area contributed by atoms with Crippen LogP contribution in [0.5, 0.6) is 0 Å². The van der Waals surface area contributed by atoms with Crippen LogP contribution < -0.4 is 18.9 Å². The van der Waals surface area contributed by atoms with Gasteiger partial charge in [0.2, 0.25) is 0 Å². The van der Waals surface area contributed by atoms with Gasteiger partial charge in [0.05, 0.1) is 56.1 Å². The maximum atomic E-state index is 10.2. The molecule has 0 radical (unpaired) electrons. The Hall–Kier alpha value is -5.24. The maximum Gasteiger partial charge on any atom is 0.408 e. The van der Waals surface area contributed by atoms with Gasteiger partial charge in [-0.2, -0.15) is 0 Å². The van der Waals surface area contributed by atoms with E-state index in [9.17, 15) is 25.9 Å². The smallest absolute Gasteiger partial charge is 0.408 e. The number of aryl methyl sites for hydroxylation is 2. The van der Waals surface area contributed by atoms with Crippen molar-refractivity contribution in [2.75, 3.05) is 37.0 Å². The van der Waals surface area contributed by atoms with Gasteiger partial charge in [0.25, 0.3) is 0 Å². The van der Waals surface area contributed by atoms with Crippen LogP contribution in [-0.2, 0) is 45.8 Å². The number of rotatable bonds is 16. The first-order valence-corrected chi connectivity index (χ1v) is 23.3. The molecule has 0 N–H and O–H groups in total. The standard InChI is InChI=1S/C27H34N8S2.2C7H8O3S/c1-32(24-12-8-22(9-13-24)28-30-26-34(3)18-20-36-26)16-6-5-7-17-33(2)25-14-10-23(11-15-25)29-31-27-35(4)19-21-37-27;2*8-11(9,10)6-7-4-2-1-3-5-7/h8-15,18-21H,5-7,16-17H2,1-4H3;2*1-5H,6H2,(H,8,9,10)/q+2;;/p-2. The normalized spacial score (nSPS) is 11.5. The van der Waals surface area contributed by atoms with Crippen LogP contribution in [0.1, 0.15) is 30.4 Å². The minimum Gasteiger partial charge on any atom is -0.748 e. The van der Waals surface area contributed by atoms with Crippen LogP contribution in [0, 0.1) is 0 Å². The lowest BCUT2D eigenvalue weighted by Crippen LogP contribution is -2.23. The van der Waals surface area contributed by atoms with Gasteiger partial charge in [-0.05, 0) is 112 Å². The minimum absolute atomic E-state index is 0.423. The molecule has 4 aromatic carbocycles. The Labute approximate surface area is 355 Å². The lowest BCUT2D eigenvalue weighted by molar-refractivity contribution is -0.654. The molecule has 0 saturated heterocycles. The molecular formula is C41H48N8O6S4. The van der Waals surface area contributed by atoms with E-state index in [1.54, 1.807) is 83.3 Å². The summed E-state index contributed by atoms with van der Waals surface area (Å²) in [7, 11) is -0.0209. The van der Waals surface area contributed by atoms with Gasteiger partial charge in [0.15, 0.2) is 0 Å². The minimum atomic E-state index is -4.13. The van der Waals surface area contributed by atoms with Gasteiger partial charge in [0, 0.05) is 49.3 Å². The van der Waals surface area contributed by atoms with Crippen LogP contribution in [0.2, 0.25) is 0 Å². The molecule has 18 heteroatoms. The topological polar surface area (TPSA) is 178 Å². The SMILES string of the molecule is CN(CCCCCN(C)c1ccc(N=Nc2scc[n+]2C)cc1)c1ccc(N=Nc2scc[n+]2C)cc1.O=S(=O)([O-])Cc1ccccc1.O=S(=O)([O-])Cc1ccccc1. The molecule has 0 bridgehead atoms. The number of hydrogen-bond acceptors (Lipinski definition) is 14. The Balaban J connectivity index is 0.000000282. The molecule has 0 aliphatic carbocycles. The summed E-state index contributed by atoms with van der Waals surface area (Å²) < 4.78 is 65.4. The predicted molar refractivity (Wildman–Crippen MR) is 232 cm³/mol. The van der Waals surface area contributed by atoms with E-state index in [1.165, 1.54) is 17.8 Å². The molecule has 2 heterocycles. The van der Waals surface area contributed by atoms with Gasteiger partial charge >= 0.3 is 10.3 Å². The van der Waals surface area contributed by atoms with Gasteiger partial charge < -0.3 is 18.9 Å². The highest BCUT2D eigenvalue weighted by molar-refractivity contribution is 7.85. The third kappa shape index (κ3) is 18.1. The predicted octanol–water partition coefficient (Wildman–Crippen LogP) is 8.50. The summed E-state index contributed by atoms with van der Waals surface area (Å²) in [4.78, 5) is 4.60. The molecule has 0 atom stereocenters. The Bertz CT molecular complexity index is 2260. The second-order valence-corrected chi connectivity index (χ2v) is 17.9. The highest BCUT2D eigenvalue weighted by Crippen LogP contribution is 2.24. The van der Waals surface area contributed by atoms with Crippen molar-refractivity contribution in [1.29, 1.82) is 0 Å². The van der Waals surface area contributed by atoms with E-state index in [0.717, 1.165) is 47.6 Å². The molecule has 312 valence electrons. The fourth-order valence-corrected chi connectivity index (χ4v) is 7.85. The van der Waals surface area contributed by atoms with Crippen LogP contribution in [0.15, 0.2) is 153 Å². The van der Waals surface area contributed by atoms with Gasteiger partial charge in [0.1, 0.15) is 23.8 Å². The van der Waals surface area contributed by atoms with E-state index in [1.807, 2.05) is 70.6 Å². The van der Waals surface area contributed by atoms with E-state index in [2.05, 4.69) is 68.6 Å². The van der Waals surface area contributed by atoms with Crippen LogP contribution in [0.4, 0.5) is 33.0 Å². The third-order valence-corrected chi connectivity index (χ3v) is 11.5. The first-order chi connectivity index (χ1) is 28.1. The molecular weight excluding hydrogens is 829 g/mol. The zero-order valence-electron chi connectivity index (χ0n) is 33.3. The molecule has 0 unspecified atom stereocenters. The van der Waals surface area contributed by atoms with Crippen molar-refractivity contribution in [2.24, 2.45) is 34.6 Å². The molecule has 0 aliphatic heterocycles. The Morgan fingerprint density at radius 2 is 0.881 bits per heavy atom. The molecule has 0 amide bonds. The maximum absolute atomic E-state index is 10.2. The first kappa shape index (κ1) is 46.4.